The van der Waals surface area contributed by atoms with Gasteiger partial charge in [-0.15, -0.1) is 0 Å². The zero-order valence-electron chi connectivity index (χ0n) is 13.0. The van der Waals surface area contributed by atoms with Crippen molar-refractivity contribution in [3.05, 3.63) is 47.5 Å². The maximum Gasteiger partial charge on any atom is 0.491 e. The first-order chi connectivity index (χ1) is 11.6. The van der Waals surface area contributed by atoms with Crippen LogP contribution in [0, 0.1) is 5.41 Å². The molecule has 0 unspecified atom stereocenters. The quantitative estimate of drug-likeness (QED) is 0.291. The summed E-state index contributed by atoms with van der Waals surface area (Å²) in [7, 11) is 0. The number of rotatable bonds is 4. The average molecular weight is 350 g/mol. The number of halogens is 3. The third-order valence-electron chi connectivity index (χ3n) is 3.22. The Kier molecular flexibility index (Phi) is 4.92. The number of ether oxygens (including phenoxy) is 1. The highest BCUT2D eigenvalue weighted by Gasteiger charge is 2.42. The molecule has 0 bridgehead atoms. The van der Waals surface area contributed by atoms with Crippen LogP contribution in [0.4, 0.5) is 13.2 Å². The Balaban J connectivity index is 2.59. The van der Waals surface area contributed by atoms with Gasteiger partial charge in [0.2, 0.25) is 0 Å². The Bertz CT molecular complexity index is 902. The van der Waals surface area contributed by atoms with Crippen LogP contribution in [0.15, 0.2) is 36.4 Å². The molecule has 2 aromatic carbocycles. The van der Waals surface area contributed by atoms with Gasteiger partial charge in [0.05, 0.1) is 5.56 Å². The van der Waals surface area contributed by atoms with Crippen molar-refractivity contribution in [1.82, 2.24) is 0 Å². The first kappa shape index (κ1) is 18.2. The van der Waals surface area contributed by atoms with E-state index < -0.39 is 23.7 Å². The van der Waals surface area contributed by atoms with Crippen molar-refractivity contribution in [2.24, 2.45) is 5.73 Å². The van der Waals surface area contributed by atoms with Gasteiger partial charge in [0.15, 0.2) is 5.78 Å². The van der Waals surface area contributed by atoms with Crippen molar-refractivity contribution in [3.63, 3.8) is 0 Å². The van der Waals surface area contributed by atoms with Crippen LogP contribution >= 0.6 is 0 Å². The maximum atomic E-state index is 12.5. The van der Waals surface area contributed by atoms with Gasteiger partial charge < -0.3 is 10.5 Å². The normalized spacial score (nSPS) is 11.7. The summed E-state index contributed by atoms with van der Waals surface area (Å²) in [6, 6.07) is 7.39. The molecule has 0 amide bonds. The van der Waals surface area contributed by atoms with Gasteiger partial charge in [-0.3, -0.25) is 10.2 Å². The van der Waals surface area contributed by atoms with Crippen LogP contribution in [0.5, 0.6) is 5.75 Å². The fourth-order valence-corrected chi connectivity index (χ4v) is 2.11. The zero-order chi connectivity index (χ0) is 18.8. The van der Waals surface area contributed by atoms with E-state index >= 15 is 0 Å². The second-order valence-corrected chi connectivity index (χ2v) is 5.17. The minimum absolute atomic E-state index is 0.128. The molecule has 5 nitrogen and oxygen atoms in total. The monoisotopic (exact) mass is 350 g/mol. The van der Waals surface area contributed by atoms with Crippen molar-refractivity contribution in [2.75, 3.05) is 0 Å². The Morgan fingerprint density at radius 3 is 2.44 bits per heavy atom. The minimum atomic E-state index is -5.18. The molecule has 0 aromatic heterocycles. The number of benzene rings is 2. The van der Waals surface area contributed by atoms with E-state index in [1.165, 1.54) is 37.3 Å². The van der Waals surface area contributed by atoms with E-state index in [1.807, 2.05) is 0 Å². The number of esters is 1. The number of hydrogen-bond acceptors (Lipinski definition) is 4. The summed E-state index contributed by atoms with van der Waals surface area (Å²) in [6.07, 6.45) is -2.29. The highest BCUT2D eigenvalue weighted by molar-refractivity contribution is 6.06. The van der Waals surface area contributed by atoms with Crippen LogP contribution in [0.2, 0.25) is 0 Å². The molecular weight excluding hydrogens is 337 g/mol. The molecule has 0 aliphatic carbocycles. The molecule has 2 rings (SSSR count). The summed E-state index contributed by atoms with van der Waals surface area (Å²) in [4.78, 5) is 22.2. The molecule has 0 aliphatic rings. The summed E-state index contributed by atoms with van der Waals surface area (Å²) in [5, 5.41) is 8.11. The van der Waals surface area contributed by atoms with Crippen LogP contribution in [0.1, 0.15) is 18.1 Å². The minimum Gasteiger partial charge on any atom is -0.418 e. The van der Waals surface area contributed by atoms with Gasteiger partial charge in [0.1, 0.15) is 11.6 Å². The van der Waals surface area contributed by atoms with E-state index in [0.717, 1.165) is 0 Å². The molecule has 0 saturated carbocycles. The van der Waals surface area contributed by atoms with Crippen LogP contribution in [-0.4, -0.2) is 23.8 Å². The predicted molar refractivity (Wildman–Crippen MR) is 86.4 cm³/mol. The molecule has 0 atom stereocenters. The second kappa shape index (κ2) is 6.76. The molecule has 0 aliphatic heterocycles. The van der Waals surface area contributed by atoms with Crippen molar-refractivity contribution in [3.8, 4) is 5.75 Å². The van der Waals surface area contributed by atoms with Crippen molar-refractivity contribution in [1.29, 1.82) is 5.41 Å². The fourth-order valence-electron chi connectivity index (χ4n) is 2.11. The number of allylic oxidation sites excluding steroid dienone is 1. The zero-order valence-corrected chi connectivity index (χ0v) is 13.0. The number of ketones is 1. The van der Waals surface area contributed by atoms with Crippen LogP contribution in [0.3, 0.4) is 0 Å². The van der Waals surface area contributed by atoms with E-state index in [0.29, 0.717) is 10.9 Å². The average Bonchev–Trinajstić information content (AvgIpc) is 2.51. The number of fused-ring (bicyclic) bond motifs is 1. The number of nitrogens with one attached hydrogen (secondary N) is 1. The molecule has 0 spiro atoms. The van der Waals surface area contributed by atoms with Gasteiger partial charge in [-0.05, 0) is 36.1 Å². The molecule has 25 heavy (non-hydrogen) atoms. The van der Waals surface area contributed by atoms with E-state index in [4.69, 9.17) is 11.1 Å². The van der Waals surface area contributed by atoms with Gasteiger partial charge in [-0.2, -0.15) is 13.2 Å². The van der Waals surface area contributed by atoms with Gasteiger partial charge in [-0.25, -0.2) is 4.79 Å². The smallest absolute Gasteiger partial charge is 0.418 e. The summed E-state index contributed by atoms with van der Waals surface area (Å²) in [5.74, 6) is -3.53. The van der Waals surface area contributed by atoms with E-state index in [9.17, 15) is 22.8 Å². The van der Waals surface area contributed by atoms with Crippen LogP contribution in [0.25, 0.3) is 16.8 Å². The largest absolute Gasteiger partial charge is 0.491 e. The lowest BCUT2D eigenvalue weighted by Gasteiger charge is -2.14. The topological polar surface area (TPSA) is 93.2 Å². The molecule has 0 radical (unpaired) electrons. The number of carbonyl (C=O) groups excluding carboxylic acids is 2. The predicted octanol–water partition coefficient (Wildman–Crippen LogP) is 3.19. The van der Waals surface area contributed by atoms with E-state index in [1.54, 1.807) is 12.1 Å². The first-order valence-corrected chi connectivity index (χ1v) is 6.98. The SMILES string of the molecule is CC(=O)C=Cc1ccc2c(OC(=O)C(F)(F)F)c(C(=N)N)ccc2c1. The third-order valence-corrected chi connectivity index (χ3v) is 3.22. The second-order valence-electron chi connectivity index (χ2n) is 5.17. The molecule has 130 valence electrons. The molecule has 2 aromatic rings. The molecule has 0 saturated heterocycles. The van der Waals surface area contributed by atoms with Gasteiger partial charge in [0.25, 0.3) is 0 Å². The Morgan fingerprint density at radius 2 is 1.88 bits per heavy atom. The van der Waals surface area contributed by atoms with Gasteiger partial charge >= 0.3 is 12.1 Å². The molecule has 8 heteroatoms. The van der Waals surface area contributed by atoms with Gasteiger partial charge in [0, 0.05) is 5.39 Å². The number of alkyl halides is 3. The number of nitrogens with two attached hydrogens (primary N) is 1. The fraction of sp³-hybridized carbons (Fsp3) is 0.118. The van der Waals surface area contributed by atoms with E-state index in [2.05, 4.69) is 4.74 Å². The first-order valence-electron chi connectivity index (χ1n) is 6.98. The summed E-state index contributed by atoms with van der Waals surface area (Å²) in [5.41, 5.74) is 5.87. The molecule has 0 heterocycles. The van der Waals surface area contributed by atoms with Crippen molar-refractivity contribution in [2.45, 2.75) is 13.1 Å². The maximum absolute atomic E-state index is 12.5. The summed E-state index contributed by atoms with van der Waals surface area (Å²) >= 11 is 0. The lowest BCUT2D eigenvalue weighted by atomic mass is 10.0. The third kappa shape index (κ3) is 4.23. The number of amidine groups is 1. The Morgan fingerprint density at radius 1 is 1.20 bits per heavy atom. The molecule has 3 N–H and O–H groups in total. The summed E-state index contributed by atoms with van der Waals surface area (Å²) in [6.45, 7) is 1.38. The lowest BCUT2D eigenvalue weighted by molar-refractivity contribution is -0.189. The van der Waals surface area contributed by atoms with Crippen LogP contribution in [-0.2, 0) is 9.59 Å². The standard InChI is InChI=1S/C17H13F3N2O3/c1-9(23)2-3-10-4-6-12-11(8-10)5-7-13(15(21)22)14(12)25-16(24)17(18,19)20/h2-8H,1H3,(H3,21,22). The summed E-state index contributed by atoms with van der Waals surface area (Å²) < 4.78 is 42.0. The lowest BCUT2D eigenvalue weighted by Crippen LogP contribution is -2.29. The van der Waals surface area contributed by atoms with E-state index in [-0.39, 0.29) is 16.7 Å². The van der Waals surface area contributed by atoms with Crippen molar-refractivity contribution >= 4 is 34.4 Å². The number of nitrogen functional groups attached to an aromatic ring is 1. The highest BCUT2D eigenvalue weighted by Crippen LogP contribution is 2.32. The molecular formula is C17H13F3N2O3. The highest BCUT2D eigenvalue weighted by atomic mass is 19.4. The Labute approximate surface area is 140 Å². The number of hydrogen-bond donors (Lipinski definition) is 2. The van der Waals surface area contributed by atoms with Crippen LogP contribution < -0.4 is 10.5 Å². The van der Waals surface area contributed by atoms with Crippen molar-refractivity contribution < 1.29 is 27.5 Å². The van der Waals surface area contributed by atoms with Gasteiger partial charge in [-0.1, -0.05) is 24.3 Å². The number of carbonyl (C=O) groups is 2. The Hall–Kier alpha value is -3.16. The molecule has 0 fully saturated rings.